The maximum atomic E-state index is 12.2. The number of nitrogens with zero attached hydrogens (tertiary/aromatic N) is 4. The first-order valence-electron chi connectivity index (χ1n) is 16.5. The molecule has 1 atom stereocenters. The minimum atomic E-state index is -0.257. The molecule has 0 saturated carbocycles. The zero-order valence-corrected chi connectivity index (χ0v) is 29.4. The Morgan fingerprint density at radius 3 is 2.40 bits per heavy atom. The minimum absolute atomic E-state index is 0.193. The summed E-state index contributed by atoms with van der Waals surface area (Å²) >= 11 is 12.7. The van der Waals surface area contributed by atoms with Crippen LogP contribution >= 0.6 is 23.2 Å². The van der Waals surface area contributed by atoms with Crippen LogP contribution in [0.15, 0.2) is 54.7 Å². The molecule has 0 radical (unpaired) electrons. The van der Waals surface area contributed by atoms with Gasteiger partial charge in [-0.05, 0) is 36.1 Å². The number of benzene rings is 3. The highest BCUT2D eigenvalue weighted by Gasteiger charge is 2.28. The Balaban J connectivity index is 1.01. The van der Waals surface area contributed by atoms with Gasteiger partial charge in [0.15, 0.2) is 11.5 Å². The van der Waals surface area contributed by atoms with Gasteiger partial charge >= 0.3 is 0 Å². The standard InChI is InChI=1S/C37H38Cl2N6O5/c1-48-32-19-31(28(38)17-29(32)39)42-36-25(20-40)21-41-30-18-34(33(49-2)16-27(30)36)50-15-3-10-44-11-13-45(14-12-44)22-23-4-6-24(7-5-23)26-8-9-35(46)43-37(26)47/h4-7,16-19,21,26H,3,8-15,22H2,1-2H3,(H,41,42)(H,43,46,47). The highest BCUT2D eigenvalue weighted by Crippen LogP contribution is 2.40. The largest absolute Gasteiger partial charge is 0.495 e. The van der Waals surface area contributed by atoms with Crippen molar-refractivity contribution in [2.75, 3.05) is 58.9 Å². The van der Waals surface area contributed by atoms with Gasteiger partial charge in [0, 0.05) is 69.4 Å². The number of piperazine rings is 1. The maximum Gasteiger partial charge on any atom is 0.234 e. The first-order valence-corrected chi connectivity index (χ1v) is 17.2. The number of amides is 2. The molecule has 0 spiro atoms. The average molecular weight is 718 g/mol. The molecule has 1 unspecified atom stereocenters. The summed E-state index contributed by atoms with van der Waals surface area (Å²) in [6.07, 6.45) is 3.30. The molecule has 50 heavy (non-hydrogen) atoms. The molecule has 3 heterocycles. The lowest BCUT2D eigenvalue weighted by atomic mass is 9.90. The van der Waals surface area contributed by atoms with Crippen LogP contribution < -0.4 is 24.8 Å². The SMILES string of the molecule is COc1cc(Nc2c(C#N)cnc3cc(OCCCN4CCN(Cc5ccc(C6CCC(=O)NC6=O)cc5)CC4)c(OC)cc23)c(Cl)cc1Cl. The van der Waals surface area contributed by atoms with E-state index in [4.69, 9.17) is 37.4 Å². The fraction of sp³-hybridized carbons (Fsp3) is 0.351. The number of anilines is 2. The van der Waals surface area contributed by atoms with Crippen LogP contribution in [0.3, 0.4) is 0 Å². The monoisotopic (exact) mass is 716 g/mol. The van der Waals surface area contributed by atoms with Gasteiger partial charge in [-0.2, -0.15) is 5.26 Å². The summed E-state index contributed by atoms with van der Waals surface area (Å²) in [4.78, 5) is 33.1. The van der Waals surface area contributed by atoms with E-state index >= 15 is 0 Å². The first-order chi connectivity index (χ1) is 24.3. The normalized spacial score (nSPS) is 16.9. The number of hydrogen-bond acceptors (Lipinski definition) is 10. The van der Waals surface area contributed by atoms with Crippen molar-refractivity contribution in [3.05, 3.63) is 81.5 Å². The van der Waals surface area contributed by atoms with Crippen LogP contribution in [-0.2, 0) is 16.1 Å². The highest BCUT2D eigenvalue weighted by molar-refractivity contribution is 6.37. The van der Waals surface area contributed by atoms with Gasteiger partial charge < -0.3 is 24.4 Å². The van der Waals surface area contributed by atoms with Crippen LogP contribution in [0.2, 0.25) is 10.0 Å². The maximum absolute atomic E-state index is 12.2. The van der Waals surface area contributed by atoms with Crippen molar-refractivity contribution in [2.24, 2.45) is 0 Å². The second-order valence-electron chi connectivity index (χ2n) is 12.3. The number of pyridine rings is 1. The highest BCUT2D eigenvalue weighted by atomic mass is 35.5. The molecule has 6 rings (SSSR count). The van der Waals surface area contributed by atoms with E-state index in [1.807, 2.05) is 24.3 Å². The first kappa shape index (κ1) is 35.2. The second kappa shape index (κ2) is 16.0. The van der Waals surface area contributed by atoms with Crippen LogP contribution in [0.4, 0.5) is 11.4 Å². The third-order valence-corrected chi connectivity index (χ3v) is 9.75. The number of piperidine rings is 1. The lowest BCUT2D eigenvalue weighted by Gasteiger charge is -2.34. The average Bonchev–Trinajstić information content (AvgIpc) is 3.12. The summed E-state index contributed by atoms with van der Waals surface area (Å²) in [6, 6.07) is 17.3. The number of fused-ring (bicyclic) bond motifs is 1. The summed E-state index contributed by atoms with van der Waals surface area (Å²) in [7, 11) is 3.10. The number of methoxy groups -OCH3 is 2. The Hall–Kier alpha value is -4.60. The lowest BCUT2D eigenvalue weighted by Crippen LogP contribution is -2.46. The third-order valence-electron chi connectivity index (χ3n) is 9.14. The summed E-state index contributed by atoms with van der Waals surface area (Å²) in [5.41, 5.74) is 4.18. The smallest absolute Gasteiger partial charge is 0.234 e. The number of nitrogens with one attached hydrogen (secondary N) is 2. The molecule has 2 fully saturated rings. The van der Waals surface area contributed by atoms with Crippen LogP contribution in [0.5, 0.6) is 17.2 Å². The fourth-order valence-corrected chi connectivity index (χ4v) is 6.88. The number of nitriles is 1. The van der Waals surface area contributed by atoms with Crippen molar-refractivity contribution in [1.29, 1.82) is 5.26 Å². The molecule has 13 heteroatoms. The van der Waals surface area contributed by atoms with Crippen LogP contribution in [-0.4, -0.2) is 80.1 Å². The molecule has 2 saturated heterocycles. The Morgan fingerprint density at radius 2 is 1.70 bits per heavy atom. The minimum Gasteiger partial charge on any atom is -0.495 e. The van der Waals surface area contributed by atoms with Gasteiger partial charge in [0.1, 0.15) is 11.8 Å². The summed E-state index contributed by atoms with van der Waals surface area (Å²) in [5.74, 6) is 0.887. The Labute approximate surface area is 301 Å². The van der Waals surface area contributed by atoms with Crippen molar-refractivity contribution in [3.8, 4) is 23.3 Å². The van der Waals surface area contributed by atoms with Gasteiger partial charge in [-0.3, -0.25) is 24.8 Å². The zero-order valence-electron chi connectivity index (χ0n) is 27.9. The van der Waals surface area contributed by atoms with Gasteiger partial charge in [0.25, 0.3) is 0 Å². The fourth-order valence-electron chi connectivity index (χ4n) is 6.37. The van der Waals surface area contributed by atoms with E-state index in [-0.39, 0.29) is 17.7 Å². The Morgan fingerprint density at radius 1 is 0.960 bits per heavy atom. The molecular formula is C37H38Cl2N6O5. The third kappa shape index (κ3) is 8.06. The second-order valence-corrected chi connectivity index (χ2v) is 13.1. The quantitative estimate of drug-likeness (QED) is 0.128. The lowest BCUT2D eigenvalue weighted by molar-refractivity contribution is -0.134. The molecule has 2 amide bonds. The molecule has 11 nitrogen and oxygen atoms in total. The molecule has 3 aromatic carbocycles. The van der Waals surface area contributed by atoms with Gasteiger partial charge in [0.05, 0.1) is 59.2 Å². The van der Waals surface area contributed by atoms with Gasteiger partial charge in [0.2, 0.25) is 11.8 Å². The van der Waals surface area contributed by atoms with Crippen molar-refractivity contribution < 1.29 is 23.8 Å². The molecule has 260 valence electrons. The number of ether oxygens (including phenoxy) is 3. The van der Waals surface area contributed by atoms with E-state index in [2.05, 4.69) is 43.6 Å². The molecule has 2 N–H and O–H groups in total. The van der Waals surface area contributed by atoms with E-state index in [0.717, 1.165) is 51.3 Å². The summed E-state index contributed by atoms with van der Waals surface area (Å²) < 4.78 is 17.2. The Bertz CT molecular complexity index is 1920. The van der Waals surface area contributed by atoms with Gasteiger partial charge in [-0.15, -0.1) is 0 Å². The van der Waals surface area contributed by atoms with Crippen molar-refractivity contribution in [3.63, 3.8) is 0 Å². The molecule has 2 aliphatic heterocycles. The van der Waals surface area contributed by atoms with Gasteiger partial charge in [-0.1, -0.05) is 47.5 Å². The number of halogens is 2. The molecule has 4 aromatic rings. The van der Waals surface area contributed by atoms with E-state index in [0.29, 0.717) is 74.6 Å². The predicted molar refractivity (Wildman–Crippen MR) is 193 cm³/mol. The predicted octanol–water partition coefficient (Wildman–Crippen LogP) is 6.28. The van der Waals surface area contributed by atoms with E-state index in [1.54, 1.807) is 19.2 Å². The van der Waals surface area contributed by atoms with Crippen molar-refractivity contribution in [2.45, 2.75) is 31.7 Å². The number of carbonyl (C=O) groups is 2. The van der Waals surface area contributed by atoms with E-state index in [9.17, 15) is 14.9 Å². The molecule has 0 bridgehead atoms. The van der Waals surface area contributed by atoms with E-state index < -0.39 is 0 Å². The number of carbonyl (C=O) groups excluding carboxylic acids is 2. The number of imide groups is 1. The number of rotatable bonds is 12. The molecule has 2 aliphatic rings. The zero-order chi connectivity index (χ0) is 35.2. The van der Waals surface area contributed by atoms with Crippen LogP contribution in [0.25, 0.3) is 10.9 Å². The molecule has 0 aliphatic carbocycles. The summed E-state index contributed by atoms with van der Waals surface area (Å²) in [5, 5.41) is 17.0. The number of aromatic nitrogens is 1. The summed E-state index contributed by atoms with van der Waals surface area (Å²) in [6.45, 7) is 6.15. The topological polar surface area (TPSA) is 129 Å². The van der Waals surface area contributed by atoms with Crippen LogP contribution in [0, 0.1) is 11.3 Å². The molecule has 1 aromatic heterocycles. The number of hydrogen-bond donors (Lipinski definition) is 2. The Kier molecular flexibility index (Phi) is 11.2. The van der Waals surface area contributed by atoms with Crippen molar-refractivity contribution in [1.82, 2.24) is 20.1 Å². The van der Waals surface area contributed by atoms with E-state index in [1.165, 1.54) is 18.9 Å². The van der Waals surface area contributed by atoms with Crippen molar-refractivity contribution >= 4 is 57.3 Å². The van der Waals surface area contributed by atoms with Crippen LogP contribution in [0.1, 0.15) is 41.9 Å². The molecular weight excluding hydrogens is 679 g/mol. The van der Waals surface area contributed by atoms with Gasteiger partial charge in [-0.25, -0.2) is 0 Å².